The quantitative estimate of drug-likeness (QED) is 0.254. The van der Waals surface area contributed by atoms with Crippen molar-refractivity contribution in [3.63, 3.8) is 0 Å². The van der Waals surface area contributed by atoms with Crippen molar-refractivity contribution in [1.82, 2.24) is 0 Å². The van der Waals surface area contributed by atoms with Gasteiger partial charge < -0.3 is 4.43 Å². The lowest BCUT2D eigenvalue weighted by Gasteiger charge is -2.37. The number of hydrogen-bond acceptors (Lipinski definition) is 1. The van der Waals surface area contributed by atoms with Crippen LogP contribution in [0.3, 0.4) is 0 Å². The Labute approximate surface area is 163 Å². The highest BCUT2D eigenvalue weighted by Crippen LogP contribution is 2.47. The summed E-state index contributed by atoms with van der Waals surface area (Å²) in [6.45, 7) is 16.0. The molecular formula is C17H30Cl4OSi. The van der Waals surface area contributed by atoms with Crippen molar-refractivity contribution in [2.45, 2.75) is 80.7 Å². The summed E-state index contributed by atoms with van der Waals surface area (Å²) in [4.78, 5) is -0.318. The summed E-state index contributed by atoms with van der Waals surface area (Å²) in [5, 5.41) is 0.174. The zero-order valence-electron chi connectivity index (χ0n) is 15.3. The molecule has 1 nitrogen and oxygen atoms in total. The van der Waals surface area contributed by atoms with Crippen molar-refractivity contribution in [1.29, 1.82) is 0 Å². The normalized spacial score (nSPS) is 21.3. The zero-order chi connectivity index (χ0) is 18.3. The molecule has 23 heavy (non-hydrogen) atoms. The van der Waals surface area contributed by atoms with E-state index in [1.165, 1.54) is 11.1 Å². The van der Waals surface area contributed by atoms with Crippen LogP contribution in [0.4, 0.5) is 0 Å². The second-order valence-corrected chi connectivity index (χ2v) is 16.9. The number of rotatable bonds is 5. The smallest absolute Gasteiger partial charge is 0.194 e. The van der Waals surface area contributed by atoms with Crippen LogP contribution in [-0.2, 0) is 4.43 Å². The Bertz CT molecular complexity index is 453. The average Bonchev–Trinajstić information content (AvgIpc) is 2.65. The zero-order valence-corrected chi connectivity index (χ0v) is 19.3. The van der Waals surface area contributed by atoms with Gasteiger partial charge in [-0.15, -0.1) is 11.6 Å². The molecule has 0 fully saturated rings. The highest BCUT2D eigenvalue weighted by Gasteiger charge is 2.41. The van der Waals surface area contributed by atoms with E-state index in [9.17, 15) is 0 Å². The summed E-state index contributed by atoms with van der Waals surface area (Å²) in [6, 6.07) is 0. The van der Waals surface area contributed by atoms with Crippen molar-refractivity contribution in [3.05, 3.63) is 11.1 Å². The van der Waals surface area contributed by atoms with E-state index >= 15 is 0 Å². The van der Waals surface area contributed by atoms with E-state index in [2.05, 4.69) is 47.7 Å². The second kappa shape index (κ2) is 7.37. The average molecular weight is 420 g/mol. The summed E-state index contributed by atoms with van der Waals surface area (Å²) >= 11 is 24.7. The summed E-state index contributed by atoms with van der Waals surface area (Å²) < 4.78 is 5.18. The van der Waals surface area contributed by atoms with E-state index in [-0.39, 0.29) is 15.8 Å². The van der Waals surface area contributed by atoms with Crippen LogP contribution < -0.4 is 0 Å². The van der Waals surface area contributed by atoms with Crippen LogP contribution in [0.1, 0.15) is 53.9 Å². The molecule has 0 saturated carbocycles. The summed E-state index contributed by atoms with van der Waals surface area (Å²) in [7, 11) is -1.83. The monoisotopic (exact) mass is 418 g/mol. The molecule has 0 N–H and O–H groups in total. The van der Waals surface area contributed by atoms with Crippen molar-refractivity contribution in [2.75, 3.05) is 6.61 Å². The van der Waals surface area contributed by atoms with E-state index in [1.54, 1.807) is 0 Å². The first-order valence-corrected chi connectivity index (χ1v) is 12.6. The van der Waals surface area contributed by atoms with Gasteiger partial charge in [0.25, 0.3) is 0 Å². The van der Waals surface area contributed by atoms with Gasteiger partial charge in [0.15, 0.2) is 12.1 Å². The van der Waals surface area contributed by atoms with Gasteiger partial charge in [0.1, 0.15) is 0 Å². The third-order valence-corrected chi connectivity index (χ3v) is 10.4. The van der Waals surface area contributed by atoms with Gasteiger partial charge in [-0.05, 0) is 50.4 Å². The molecule has 0 saturated heterocycles. The summed E-state index contributed by atoms with van der Waals surface area (Å²) in [5.41, 5.74) is 2.46. The molecule has 0 unspecified atom stereocenters. The first-order valence-electron chi connectivity index (χ1n) is 8.15. The fraction of sp³-hybridized carbons (Fsp3) is 0.882. The minimum atomic E-state index is -1.83. The van der Waals surface area contributed by atoms with Crippen LogP contribution in [-0.4, -0.2) is 23.6 Å². The lowest BCUT2D eigenvalue weighted by Crippen LogP contribution is -2.42. The Kier molecular flexibility index (Phi) is 7.08. The maximum atomic E-state index is 6.63. The summed E-state index contributed by atoms with van der Waals surface area (Å²) in [5.74, 6) is 0.274. The van der Waals surface area contributed by atoms with Gasteiger partial charge in [-0.25, -0.2) is 0 Å². The molecule has 1 atom stereocenters. The Hall–Kier alpha value is 1.08. The Morgan fingerprint density at radius 1 is 1.04 bits per heavy atom. The lowest BCUT2D eigenvalue weighted by atomic mass is 9.88. The molecule has 0 aromatic rings. The van der Waals surface area contributed by atoms with Gasteiger partial charge in [-0.1, -0.05) is 61.1 Å². The minimum absolute atomic E-state index is 0.174. The van der Waals surface area contributed by atoms with Crippen molar-refractivity contribution >= 4 is 54.7 Å². The van der Waals surface area contributed by atoms with E-state index in [0.717, 1.165) is 12.8 Å². The van der Waals surface area contributed by atoms with Crippen LogP contribution >= 0.6 is 46.4 Å². The predicted molar refractivity (Wildman–Crippen MR) is 108 cm³/mol. The highest BCUT2D eigenvalue weighted by molar-refractivity contribution is 6.74. The molecule has 6 heteroatoms. The van der Waals surface area contributed by atoms with Crippen molar-refractivity contribution < 1.29 is 4.43 Å². The maximum Gasteiger partial charge on any atom is 0.194 e. The molecule has 0 amide bonds. The largest absolute Gasteiger partial charge is 0.413 e. The first-order chi connectivity index (χ1) is 10.0. The SMILES string of the molecule is CC(C)(Cl)[C@@H]1CCC(CC(Cl)(Cl)Cl)=C1CO[Si](C)(C)C(C)(C)C. The molecule has 0 aliphatic heterocycles. The van der Waals surface area contributed by atoms with E-state index in [4.69, 9.17) is 50.8 Å². The Morgan fingerprint density at radius 3 is 1.96 bits per heavy atom. The first kappa shape index (κ1) is 22.1. The number of allylic oxidation sites excluding steroid dienone is 1. The second-order valence-electron chi connectivity index (χ2n) is 8.63. The molecule has 0 aromatic carbocycles. The van der Waals surface area contributed by atoms with Gasteiger partial charge in [-0.3, -0.25) is 0 Å². The lowest BCUT2D eigenvalue weighted by molar-refractivity contribution is 0.297. The maximum absolute atomic E-state index is 6.63. The standard InChI is InChI=1S/C17H30Cl4OSi/c1-15(2,3)23(6,7)22-11-13-12(10-17(19,20)21)8-9-14(13)16(4,5)18/h14H,8-11H2,1-7H3/t14-/m1/s1. The van der Waals surface area contributed by atoms with E-state index in [1.807, 2.05) is 0 Å². The number of alkyl halides is 4. The topological polar surface area (TPSA) is 9.23 Å². The minimum Gasteiger partial charge on any atom is -0.413 e. The third kappa shape index (κ3) is 6.38. The van der Waals surface area contributed by atoms with Gasteiger partial charge in [0, 0.05) is 17.2 Å². The van der Waals surface area contributed by atoms with Crippen LogP contribution in [0, 0.1) is 5.92 Å². The van der Waals surface area contributed by atoms with Crippen LogP contribution in [0.25, 0.3) is 0 Å². The van der Waals surface area contributed by atoms with Gasteiger partial charge in [-0.2, -0.15) is 0 Å². The van der Waals surface area contributed by atoms with E-state index < -0.39 is 12.1 Å². The molecular weight excluding hydrogens is 390 g/mol. The molecule has 0 spiro atoms. The Balaban J connectivity index is 3.04. The molecule has 1 rings (SSSR count). The van der Waals surface area contributed by atoms with E-state index in [0.29, 0.717) is 13.0 Å². The molecule has 0 radical (unpaired) electrons. The van der Waals surface area contributed by atoms with Gasteiger partial charge >= 0.3 is 0 Å². The van der Waals surface area contributed by atoms with Crippen LogP contribution in [0.5, 0.6) is 0 Å². The molecule has 1 aliphatic carbocycles. The molecule has 1 aliphatic rings. The van der Waals surface area contributed by atoms with Gasteiger partial charge in [0.2, 0.25) is 0 Å². The highest BCUT2D eigenvalue weighted by atomic mass is 35.6. The van der Waals surface area contributed by atoms with Crippen molar-refractivity contribution in [2.24, 2.45) is 5.92 Å². The van der Waals surface area contributed by atoms with Crippen LogP contribution in [0.15, 0.2) is 11.1 Å². The molecule has 0 bridgehead atoms. The fourth-order valence-corrected chi connectivity index (χ4v) is 4.45. The number of halogens is 4. The van der Waals surface area contributed by atoms with Crippen molar-refractivity contribution in [3.8, 4) is 0 Å². The number of hydrogen-bond donors (Lipinski definition) is 0. The molecule has 0 aromatic heterocycles. The predicted octanol–water partition coefficient (Wildman–Crippen LogP) is 7.49. The third-order valence-electron chi connectivity index (χ3n) is 5.25. The molecule has 136 valence electrons. The molecule has 0 heterocycles. The summed E-state index contributed by atoms with van der Waals surface area (Å²) in [6.07, 6.45) is 2.39. The Morgan fingerprint density at radius 2 is 1.57 bits per heavy atom. The van der Waals surface area contributed by atoms with Gasteiger partial charge in [0.05, 0.1) is 6.61 Å². The fourth-order valence-electron chi connectivity index (χ4n) is 2.78. The van der Waals surface area contributed by atoms with Crippen LogP contribution in [0.2, 0.25) is 18.1 Å².